The van der Waals surface area contributed by atoms with E-state index in [1.807, 2.05) is 31.2 Å². The van der Waals surface area contributed by atoms with E-state index in [9.17, 15) is 9.90 Å². The van der Waals surface area contributed by atoms with Crippen LogP contribution in [-0.2, 0) is 6.54 Å². The highest BCUT2D eigenvalue weighted by Crippen LogP contribution is 2.33. The molecule has 4 heterocycles. The first-order valence-electron chi connectivity index (χ1n) is 10.4. The zero-order chi connectivity index (χ0) is 21.1. The number of hydrogen-bond acceptors (Lipinski definition) is 6. The van der Waals surface area contributed by atoms with Crippen LogP contribution >= 0.6 is 0 Å². The molecule has 0 bridgehead atoms. The number of piperazine rings is 1. The summed E-state index contributed by atoms with van der Waals surface area (Å²) in [5.41, 5.74) is 1.79. The Morgan fingerprint density at radius 3 is 2.63 bits per heavy atom. The van der Waals surface area contributed by atoms with E-state index in [1.54, 1.807) is 29.3 Å². The number of furan rings is 1. The third-order valence-electron chi connectivity index (χ3n) is 5.91. The molecule has 1 atom stereocenters. The molecular weight excluding hydrogens is 380 g/mol. The summed E-state index contributed by atoms with van der Waals surface area (Å²) in [6.45, 7) is 8.82. The fourth-order valence-electron chi connectivity index (χ4n) is 4.22. The van der Waals surface area contributed by atoms with Crippen LogP contribution in [0.1, 0.15) is 35.5 Å². The monoisotopic (exact) mass is 408 g/mol. The first kappa shape index (κ1) is 20.4. The number of aryl methyl sites for hydroxylation is 1. The lowest BCUT2D eigenvalue weighted by molar-refractivity contribution is 0.111. The Morgan fingerprint density at radius 2 is 2.00 bits per heavy atom. The van der Waals surface area contributed by atoms with Gasteiger partial charge in [0.05, 0.1) is 24.4 Å². The maximum Gasteiger partial charge on any atom is 0.260 e. The maximum absolute atomic E-state index is 13.6. The van der Waals surface area contributed by atoms with Crippen molar-refractivity contribution < 1.29 is 9.52 Å². The van der Waals surface area contributed by atoms with Crippen LogP contribution in [0, 0.1) is 6.92 Å². The van der Waals surface area contributed by atoms with Crippen molar-refractivity contribution in [3.8, 4) is 5.75 Å². The minimum absolute atomic E-state index is 0.0277. The van der Waals surface area contributed by atoms with Gasteiger partial charge in [0, 0.05) is 44.3 Å². The number of pyridine rings is 2. The Bertz CT molecular complexity index is 1020. The predicted molar refractivity (Wildman–Crippen MR) is 115 cm³/mol. The number of likely N-dealkylation sites (N-methyl/N-ethyl adjacent to an activating group) is 1. The molecule has 1 saturated heterocycles. The molecule has 1 fully saturated rings. The number of nitrogens with zero attached hydrogens (tertiary/aromatic N) is 4. The lowest BCUT2D eigenvalue weighted by atomic mass is 9.97. The van der Waals surface area contributed by atoms with Crippen LogP contribution in [-0.4, -0.2) is 57.2 Å². The summed E-state index contributed by atoms with van der Waals surface area (Å²) < 4.78 is 7.12. The lowest BCUT2D eigenvalue weighted by Gasteiger charge is -2.39. The molecule has 30 heavy (non-hydrogen) atoms. The molecule has 1 N–H and O–H groups in total. The van der Waals surface area contributed by atoms with Crippen molar-refractivity contribution in [2.75, 3.05) is 32.7 Å². The van der Waals surface area contributed by atoms with Gasteiger partial charge in [-0.1, -0.05) is 13.0 Å². The Labute approximate surface area is 176 Å². The van der Waals surface area contributed by atoms with E-state index in [0.29, 0.717) is 23.6 Å². The largest absolute Gasteiger partial charge is 0.507 e. The van der Waals surface area contributed by atoms with E-state index in [0.717, 1.165) is 38.3 Å². The highest BCUT2D eigenvalue weighted by Gasteiger charge is 2.31. The van der Waals surface area contributed by atoms with Gasteiger partial charge in [0.25, 0.3) is 5.56 Å². The van der Waals surface area contributed by atoms with Gasteiger partial charge in [0.15, 0.2) is 0 Å². The molecule has 0 amide bonds. The van der Waals surface area contributed by atoms with Gasteiger partial charge in [-0.3, -0.25) is 14.7 Å². The van der Waals surface area contributed by atoms with E-state index in [-0.39, 0.29) is 17.4 Å². The highest BCUT2D eigenvalue weighted by molar-refractivity contribution is 5.40. The summed E-state index contributed by atoms with van der Waals surface area (Å²) in [6.07, 6.45) is 5.11. The Balaban J connectivity index is 1.79. The summed E-state index contributed by atoms with van der Waals surface area (Å²) in [7, 11) is 0. The van der Waals surface area contributed by atoms with Crippen molar-refractivity contribution in [1.82, 2.24) is 19.4 Å². The SMILES string of the molecule is CCN1CCN([C@H](c2cccnc2)c2c(O)cc(C)n(Cc3ccco3)c2=O)CC1. The third kappa shape index (κ3) is 4.04. The molecule has 4 rings (SSSR count). The lowest BCUT2D eigenvalue weighted by Crippen LogP contribution is -2.48. The molecule has 3 aromatic rings. The smallest absolute Gasteiger partial charge is 0.260 e. The number of hydrogen-bond donors (Lipinski definition) is 1. The Morgan fingerprint density at radius 1 is 1.20 bits per heavy atom. The molecule has 3 aromatic heterocycles. The van der Waals surface area contributed by atoms with Crippen molar-refractivity contribution in [2.45, 2.75) is 26.4 Å². The van der Waals surface area contributed by atoms with Crippen molar-refractivity contribution in [3.63, 3.8) is 0 Å². The van der Waals surface area contributed by atoms with Crippen LogP contribution < -0.4 is 5.56 Å². The second-order valence-electron chi connectivity index (χ2n) is 7.71. The molecular formula is C23H28N4O3. The maximum atomic E-state index is 13.6. The van der Waals surface area contributed by atoms with Gasteiger partial charge >= 0.3 is 0 Å². The third-order valence-corrected chi connectivity index (χ3v) is 5.91. The van der Waals surface area contributed by atoms with Gasteiger partial charge in [-0.05, 0) is 43.3 Å². The van der Waals surface area contributed by atoms with Gasteiger partial charge in [-0.15, -0.1) is 0 Å². The molecule has 1 aliphatic rings. The molecule has 0 aliphatic carbocycles. The summed E-state index contributed by atoms with van der Waals surface area (Å²) >= 11 is 0. The van der Waals surface area contributed by atoms with Crippen LogP contribution in [0.3, 0.4) is 0 Å². The molecule has 1 aliphatic heterocycles. The topological polar surface area (TPSA) is 74.7 Å². The number of aromatic hydroxyl groups is 1. The minimum Gasteiger partial charge on any atom is -0.507 e. The standard InChI is InChI=1S/C23H28N4O3/c1-3-25-9-11-26(12-10-25)22(18-6-4-8-24-15-18)21-20(28)14-17(2)27(23(21)29)16-19-7-5-13-30-19/h4-8,13-15,22,28H,3,9-12,16H2,1-2H3/t22-/m1/s1. The summed E-state index contributed by atoms with van der Waals surface area (Å²) in [5, 5.41) is 10.9. The first-order chi connectivity index (χ1) is 14.6. The molecule has 0 spiro atoms. The fraction of sp³-hybridized carbons (Fsp3) is 0.391. The Kier molecular flexibility index (Phi) is 6.01. The van der Waals surface area contributed by atoms with Crippen LogP contribution in [0.15, 0.2) is 58.2 Å². The molecule has 158 valence electrons. The van der Waals surface area contributed by atoms with E-state index in [2.05, 4.69) is 21.7 Å². The zero-order valence-corrected chi connectivity index (χ0v) is 17.5. The van der Waals surface area contributed by atoms with Crippen LogP contribution in [0.2, 0.25) is 0 Å². The second-order valence-corrected chi connectivity index (χ2v) is 7.71. The predicted octanol–water partition coefficient (Wildman–Crippen LogP) is 2.63. The second kappa shape index (κ2) is 8.85. The summed E-state index contributed by atoms with van der Waals surface area (Å²) in [5.74, 6) is 0.728. The van der Waals surface area contributed by atoms with Gasteiger partial charge < -0.3 is 19.0 Å². The molecule has 7 heteroatoms. The summed E-state index contributed by atoms with van der Waals surface area (Å²) in [4.78, 5) is 22.6. The molecule has 0 radical (unpaired) electrons. The molecule has 0 saturated carbocycles. The van der Waals surface area contributed by atoms with Crippen molar-refractivity contribution in [1.29, 1.82) is 0 Å². The molecule has 7 nitrogen and oxygen atoms in total. The molecule has 0 aromatic carbocycles. The van der Waals surface area contributed by atoms with Crippen LogP contribution in [0.5, 0.6) is 5.75 Å². The Hall–Kier alpha value is -2.90. The summed E-state index contributed by atoms with van der Waals surface area (Å²) in [6, 6.07) is 8.82. The quantitative estimate of drug-likeness (QED) is 0.676. The van der Waals surface area contributed by atoms with Gasteiger partial charge in [0.2, 0.25) is 0 Å². The number of aromatic nitrogens is 2. The van der Waals surface area contributed by atoms with Crippen LogP contribution in [0.4, 0.5) is 0 Å². The van der Waals surface area contributed by atoms with Gasteiger partial charge in [-0.2, -0.15) is 0 Å². The van der Waals surface area contributed by atoms with E-state index in [4.69, 9.17) is 4.42 Å². The average Bonchev–Trinajstić information content (AvgIpc) is 3.28. The average molecular weight is 409 g/mol. The van der Waals surface area contributed by atoms with E-state index in [1.165, 1.54) is 0 Å². The highest BCUT2D eigenvalue weighted by atomic mass is 16.3. The van der Waals surface area contributed by atoms with Gasteiger partial charge in [-0.25, -0.2) is 0 Å². The van der Waals surface area contributed by atoms with Crippen molar-refractivity contribution in [3.05, 3.63) is 81.9 Å². The van der Waals surface area contributed by atoms with E-state index >= 15 is 0 Å². The first-order valence-corrected chi connectivity index (χ1v) is 10.4. The van der Waals surface area contributed by atoms with Crippen molar-refractivity contribution in [2.24, 2.45) is 0 Å². The van der Waals surface area contributed by atoms with Crippen molar-refractivity contribution >= 4 is 0 Å². The minimum atomic E-state index is -0.353. The van der Waals surface area contributed by atoms with E-state index < -0.39 is 0 Å². The molecule has 0 unspecified atom stereocenters. The van der Waals surface area contributed by atoms with Crippen LogP contribution in [0.25, 0.3) is 0 Å². The zero-order valence-electron chi connectivity index (χ0n) is 17.5. The fourth-order valence-corrected chi connectivity index (χ4v) is 4.22. The number of rotatable bonds is 6. The van der Waals surface area contributed by atoms with Gasteiger partial charge in [0.1, 0.15) is 11.5 Å². The normalized spacial score (nSPS) is 16.6.